The molecule has 1 aromatic rings. The van der Waals surface area contributed by atoms with Crippen LogP contribution in [0.1, 0.15) is 31.4 Å². The summed E-state index contributed by atoms with van der Waals surface area (Å²) in [6.07, 6.45) is 1.07. The Morgan fingerprint density at radius 2 is 1.88 bits per heavy atom. The van der Waals surface area contributed by atoms with Gasteiger partial charge in [0.05, 0.1) is 13.2 Å². The number of amides is 3. The van der Waals surface area contributed by atoms with Crippen molar-refractivity contribution in [3.8, 4) is 0 Å². The molecule has 0 saturated carbocycles. The van der Waals surface area contributed by atoms with Crippen molar-refractivity contribution in [2.24, 2.45) is 0 Å². The summed E-state index contributed by atoms with van der Waals surface area (Å²) in [5, 5.41) is 3.03. The molecule has 2 aliphatic rings. The van der Waals surface area contributed by atoms with Crippen molar-refractivity contribution >= 4 is 11.9 Å². The Morgan fingerprint density at radius 3 is 2.56 bits per heavy atom. The van der Waals surface area contributed by atoms with Crippen LogP contribution in [0.15, 0.2) is 24.3 Å². The molecule has 0 bridgehead atoms. The fourth-order valence-corrected chi connectivity index (χ4v) is 3.36. The Morgan fingerprint density at radius 1 is 1.16 bits per heavy atom. The number of rotatable bonds is 2. The van der Waals surface area contributed by atoms with E-state index < -0.39 is 6.10 Å². The highest BCUT2D eigenvalue weighted by molar-refractivity contribution is 5.75. The van der Waals surface area contributed by atoms with Gasteiger partial charge in [0, 0.05) is 38.2 Å². The number of hydrogen-bond acceptors (Lipinski definition) is 3. The Hall–Kier alpha value is -2.15. The second-order valence-corrected chi connectivity index (χ2v) is 6.56. The number of morpholine rings is 1. The van der Waals surface area contributed by atoms with E-state index in [0.717, 1.165) is 12.8 Å². The van der Waals surface area contributed by atoms with Crippen molar-refractivity contribution in [2.45, 2.75) is 31.9 Å². The van der Waals surface area contributed by atoms with Crippen molar-refractivity contribution in [1.29, 1.82) is 0 Å². The number of carbonyl (C=O) groups excluding carboxylic acids is 2. The van der Waals surface area contributed by atoms with Crippen LogP contribution < -0.4 is 5.32 Å². The summed E-state index contributed by atoms with van der Waals surface area (Å²) in [6.45, 7) is 4.11. The lowest BCUT2D eigenvalue weighted by atomic mass is 10.0. The van der Waals surface area contributed by atoms with E-state index in [1.54, 1.807) is 34.9 Å². The van der Waals surface area contributed by atoms with Gasteiger partial charge in [-0.05, 0) is 18.9 Å². The first kappa shape index (κ1) is 17.7. The fraction of sp³-hybridized carbons (Fsp3) is 0.556. The molecule has 1 aromatic carbocycles. The quantitative estimate of drug-likeness (QED) is 0.887. The average molecular weight is 349 g/mol. The smallest absolute Gasteiger partial charge is 0.317 e. The van der Waals surface area contributed by atoms with Crippen LogP contribution in [0.4, 0.5) is 9.18 Å². The second-order valence-electron chi connectivity index (χ2n) is 6.56. The van der Waals surface area contributed by atoms with Gasteiger partial charge in [0.15, 0.2) is 0 Å². The monoisotopic (exact) mass is 349 g/mol. The van der Waals surface area contributed by atoms with Crippen molar-refractivity contribution in [3.05, 3.63) is 35.6 Å². The third-order valence-corrected chi connectivity index (χ3v) is 4.87. The summed E-state index contributed by atoms with van der Waals surface area (Å²) < 4.78 is 19.6. The summed E-state index contributed by atoms with van der Waals surface area (Å²) in [5.74, 6) is -0.239. The number of urea groups is 1. The Bertz CT molecular complexity index is 632. The van der Waals surface area contributed by atoms with E-state index in [9.17, 15) is 14.0 Å². The minimum Gasteiger partial charge on any atom is -0.370 e. The Kier molecular flexibility index (Phi) is 5.53. The number of nitrogens with zero attached hydrogens (tertiary/aromatic N) is 2. The van der Waals surface area contributed by atoms with Gasteiger partial charge in [0.1, 0.15) is 11.9 Å². The van der Waals surface area contributed by atoms with Gasteiger partial charge in [0.2, 0.25) is 5.91 Å². The lowest BCUT2D eigenvalue weighted by Gasteiger charge is -2.36. The highest BCUT2D eigenvalue weighted by atomic mass is 19.1. The number of likely N-dealkylation sites (tertiary alicyclic amines) is 1. The minimum absolute atomic E-state index is 0.0675. The van der Waals surface area contributed by atoms with Crippen molar-refractivity contribution in [2.75, 3.05) is 32.8 Å². The molecule has 6 nitrogen and oxygen atoms in total. The maximum atomic E-state index is 13.9. The molecular formula is C18H24FN3O3. The molecule has 3 amide bonds. The SMILES string of the molecule is CC(=O)N1CCC(NC(=O)N2CCO[C@H](c3ccccc3F)C2)CC1. The molecule has 25 heavy (non-hydrogen) atoms. The summed E-state index contributed by atoms with van der Waals surface area (Å²) in [7, 11) is 0. The Balaban J connectivity index is 1.54. The van der Waals surface area contributed by atoms with Crippen LogP contribution in [-0.2, 0) is 9.53 Å². The number of piperidine rings is 1. The zero-order valence-corrected chi connectivity index (χ0v) is 14.4. The number of nitrogens with one attached hydrogen (secondary N) is 1. The van der Waals surface area contributed by atoms with Gasteiger partial charge in [-0.25, -0.2) is 9.18 Å². The highest BCUT2D eigenvalue weighted by Crippen LogP contribution is 2.24. The van der Waals surface area contributed by atoms with Crippen molar-refractivity contribution < 1.29 is 18.7 Å². The van der Waals surface area contributed by atoms with Crippen LogP contribution in [0.2, 0.25) is 0 Å². The van der Waals surface area contributed by atoms with Crippen LogP contribution in [0.5, 0.6) is 0 Å². The van der Waals surface area contributed by atoms with E-state index >= 15 is 0 Å². The number of ether oxygens (including phenoxy) is 1. The third-order valence-electron chi connectivity index (χ3n) is 4.87. The molecule has 1 N–H and O–H groups in total. The van der Waals surface area contributed by atoms with Gasteiger partial charge in [0.25, 0.3) is 0 Å². The first-order chi connectivity index (χ1) is 12.0. The summed E-state index contributed by atoms with van der Waals surface area (Å²) >= 11 is 0. The van der Waals surface area contributed by atoms with E-state index in [2.05, 4.69) is 5.32 Å². The highest BCUT2D eigenvalue weighted by Gasteiger charge is 2.29. The normalized spacial score (nSPS) is 21.9. The molecular weight excluding hydrogens is 325 g/mol. The molecule has 1 atom stereocenters. The minimum atomic E-state index is -0.444. The van der Waals surface area contributed by atoms with Crippen LogP contribution in [0.3, 0.4) is 0 Å². The van der Waals surface area contributed by atoms with Gasteiger partial charge in [-0.15, -0.1) is 0 Å². The first-order valence-corrected chi connectivity index (χ1v) is 8.71. The number of hydrogen-bond donors (Lipinski definition) is 1. The molecule has 2 heterocycles. The zero-order valence-electron chi connectivity index (χ0n) is 14.4. The summed E-state index contributed by atoms with van der Waals surface area (Å²) in [5.41, 5.74) is 0.481. The molecule has 0 unspecified atom stereocenters. The number of benzene rings is 1. The average Bonchev–Trinajstić information content (AvgIpc) is 2.62. The molecule has 136 valence electrons. The molecule has 2 aliphatic heterocycles. The predicted molar refractivity (Wildman–Crippen MR) is 90.5 cm³/mol. The van der Waals surface area contributed by atoms with E-state index in [1.807, 2.05) is 0 Å². The Labute approximate surface area is 146 Å². The zero-order chi connectivity index (χ0) is 17.8. The molecule has 2 fully saturated rings. The third kappa shape index (κ3) is 4.28. The van der Waals surface area contributed by atoms with Crippen LogP contribution in [0.25, 0.3) is 0 Å². The van der Waals surface area contributed by atoms with E-state index in [4.69, 9.17) is 4.74 Å². The van der Waals surface area contributed by atoms with Gasteiger partial charge >= 0.3 is 6.03 Å². The molecule has 7 heteroatoms. The topological polar surface area (TPSA) is 61.9 Å². The number of carbonyl (C=O) groups is 2. The maximum absolute atomic E-state index is 13.9. The van der Waals surface area contributed by atoms with Gasteiger partial charge < -0.3 is 19.9 Å². The van der Waals surface area contributed by atoms with E-state index in [-0.39, 0.29) is 23.8 Å². The summed E-state index contributed by atoms with van der Waals surface area (Å²) in [4.78, 5) is 27.4. The van der Waals surface area contributed by atoms with E-state index in [0.29, 0.717) is 38.3 Å². The molecule has 3 rings (SSSR count). The van der Waals surface area contributed by atoms with E-state index in [1.165, 1.54) is 6.07 Å². The lowest BCUT2D eigenvalue weighted by molar-refractivity contribution is -0.129. The molecule has 0 radical (unpaired) electrons. The molecule has 0 spiro atoms. The predicted octanol–water partition coefficient (Wildman–Crippen LogP) is 1.92. The van der Waals surface area contributed by atoms with Crippen LogP contribution in [-0.4, -0.2) is 60.6 Å². The number of halogens is 1. The van der Waals surface area contributed by atoms with Gasteiger partial charge in [-0.2, -0.15) is 0 Å². The summed E-state index contributed by atoms with van der Waals surface area (Å²) in [6, 6.07) is 6.42. The van der Waals surface area contributed by atoms with Gasteiger partial charge in [-0.3, -0.25) is 4.79 Å². The second kappa shape index (κ2) is 7.82. The lowest BCUT2D eigenvalue weighted by Crippen LogP contribution is -2.52. The first-order valence-electron chi connectivity index (χ1n) is 8.71. The van der Waals surface area contributed by atoms with Crippen molar-refractivity contribution in [3.63, 3.8) is 0 Å². The van der Waals surface area contributed by atoms with Crippen molar-refractivity contribution in [1.82, 2.24) is 15.1 Å². The standard InChI is InChI=1S/C18H24FN3O3/c1-13(23)21-8-6-14(7-9-21)20-18(24)22-10-11-25-17(12-22)15-4-2-3-5-16(15)19/h2-5,14,17H,6-12H2,1H3,(H,20,24)/t17-/m0/s1. The van der Waals surface area contributed by atoms with Crippen LogP contribution in [0, 0.1) is 5.82 Å². The molecule has 2 saturated heterocycles. The van der Waals surface area contributed by atoms with Crippen LogP contribution >= 0.6 is 0 Å². The maximum Gasteiger partial charge on any atom is 0.317 e. The largest absolute Gasteiger partial charge is 0.370 e. The molecule has 0 aromatic heterocycles. The molecule has 0 aliphatic carbocycles. The fourth-order valence-electron chi connectivity index (χ4n) is 3.36. The van der Waals surface area contributed by atoms with Gasteiger partial charge in [-0.1, -0.05) is 18.2 Å².